The number of rotatable bonds is 9. The second kappa shape index (κ2) is 13.3. The topological polar surface area (TPSA) is 127 Å². The van der Waals surface area contributed by atoms with Gasteiger partial charge in [0.1, 0.15) is 35.5 Å². The van der Waals surface area contributed by atoms with Crippen LogP contribution in [0.2, 0.25) is 0 Å². The first-order valence-corrected chi connectivity index (χ1v) is 18.2. The lowest BCUT2D eigenvalue weighted by Crippen LogP contribution is -2.59. The van der Waals surface area contributed by atoms with E-state index in [2.05, 4.69) is 20.6 Å². The Hall–Kier alpha value is -3.76. The number of hydrogen-bond donors (Lipinski definition) is 2. The first-order chi connectivity index (χ1) is 24.8. The van der Waals surface area contributed by atoms with E-state index in [0.717, 1.165) is 36.6 Å². The van der Waals surface area contributed by atoms with Gasteiger partial charge in [0.25, 0.3) is 5.91 Å². The monoisotopic (exact) mass is 732 g/mol. The van der Waals surface area contributed by atoms with Crippen molar-refractivity contribution < 1.29 is 46.2 Å². The number of halogens is 4. The zero-order chi connectivity index (χ0) is 36.5. The highest BCUT2D eigenvalue weighted by atomic mass is 19.4. The number of anilines is 1. The summed E-state index contributed by atoms with van der Waals surface area (Å²) in [6, 6.07) is 2.61. The molecule has 1 aromatic heterocycles. The Labute approximate surface area is 298 Å². The maximum absolute atomic E-state index is 16.2. The molecule has 1 spiro atoms. The van der Waals surface area contributed by atoms with Crippen molar-refractivity contribution in [3.8, 4) is 5.75 Å². The van der Waals surface area contributed by atoms with Gasteiger partial charge in [-0.15, -0.1) is 0 Å². The molecule has 2 aromatic rings. The van der Waals surface area contributed by atoms with Crippen LogP contribution in [0.25, 0.3) is 0 Å². The zero-order valence-corrected chi connectivity index (χ0v) is 29.2. The van der Waals surface area contributed by atoms with Gasteiger partial charge in [0, 0.05) is 38.2 Å². The van der Waals surface area contributed by atoms with Gasteiger partial charge in [0.15, 0.2) is 6.10 Å². The Balaban J connectivity index is 1.10. The number of aryl methyl sites for hydroxylation is 2. The number of morpholine rings is 1. The van der Waals surface area contributed by atoms with Gasteiger partial charge in [0.2, 0.25) is 11.8 Å². The molecule has 0 bridgehead atoms. The fraction of sp³-hybridized carbons (Fsp3) is 0.667. The molecule has 2 N–H and O–H groups in total. The van der Waals surface area contributed by atoms with Crippen molar-refractivity contribution in [2.45, 2.75) is 87.9 Å². The number of carbonyl (C=O) groups is 3. The van der Waals surface area contributed by atoms with E-state index >= 15 is 4.39 Å². The van der Waals surface area contributed by atoms with E-state index in [0.29, 0.717) is 56.6 Å². The molecule has 2 unspecified atom stereocenters. The maximum Gasteiger partial charge on any atom is 0.416 e. The Kier molecular flexibility index (Phi) is 9.00. The fourth-order valence-corrected chi connectivity index (χ4v) is 8.63. The normalized spacial score (nSPS) is 25.8. The molecule has 3 saturated heterocycles. The molecular weight excluding hydrogens is 688 g/mol. The number of alkyl halides is 3. The van der Waals surface area contributed by atoms with Crippen LogP contribution < -0.4 is 15.4 Å². The van der Waals surface area contributed by atoms with Gasteiger partial charge in [-0.1, -0.05) is 0 Å². The van der Waals surface area contributed by atoms with Crippen LogP contribution in [0.3, 0.4) is 0 Å². The number of aromatic nitrogens is 2. The first kappa shape index (κ1) is 35.3. The summed E-state index contributed by atoms with van der Waals surface area (Å²) in [6.45, 7) is 2.88. The Morgan fingerprint density at radius 3 is 2.33 bits per heavy atom. The molecule has 5 fully saturated rings. The summed E-state index contributed by atoms with van der Waals surface area (Å²) >= 11 is 0. The number of amides is 3. The molecule has 4 aliphatic heterocycles. The number of benzene rings is 1. The molecule has 3 atom stereocenters. The number of likely N-dealkylation sites (tertiary alicyclic amines) is 1. The van der Waals surface area contributed by atoms with Crippen molar-refractivity contribution in [3.05, 3.63) is 41.0 Å². The smallest absolute Gasteiger partial charge is 0.416 e. The molecule has 5 heterocycles. The van der Waals surface area contributed by atoms with Gasteiger partial charge in [-0.2, -0.15) is 18.3 Å². The SMILES string of the molecule is Cc1cc(C(=O)N[C@H](C(=O)Nc2cc3c(cc2F)C(N2CC(C(F)(F)F)OCC2=O)CC2(CCN(C4COC4)CC2)O3)C(C2CC2)C2CC2)n(C)n1. The number of nitrogens with one attached hydrogen (secondary N) is 2. The lowest BCUT2D eigenvalue weighted by atomic mass is 9.79. The minimum Gasteiger partial charge on any atom is -0.487 e. The van der Waals surface area contributed by atoms with Gasteiger partial charge in [0.05, 0.1) is 43.2 Å². The summed E-state index contributed by atoms with van der Waals surface area (Å²) < 4.78 is 76.0. The molecule has 1 aromatic carbocycles. The third-order valence-corrected chi connectivity index (χ3v) is 11.8. The Bertz CT molecular complexity index is 1720. The number of carbonyl (C=O) groups excluding carboxylic acids is 3. The molecule has 2 saturated carbocycles. The van der Waals surface area contributed by atoms with E-state index in [1.807, 2.05) is 0 Å². The molecule has 282 valence electrons. The molecule has 16 heteroatoms. The van der Waals surface area contributed by atoms with Crippen LogP contribution >= 0.6 is 0 Å². The van der Waals surface area contributed by atoms with Gasteiger partial charge < -0.3 is 29.7 Å². The van der Waals surface area contributed by atoms with E-state index in [-0.39, 0.29) is 41.2 Å². The van der Waals surface area contributed by atoms with Gasteiger partial charge >= 0.3 is 6.18 Å². The molecule has 2 aliphatic carbocycles. The third-order valence-electron chi connectivity index (χ3n) is 11.8. The predicted octanol–water partition coefficient (Wildman–Crippen LogP) is 3.89. The average Bonchev–Trinajstić information content (AvgIpc) is 4.01. The van der Waals surface area contributed by atoms with E-state index in [4.69, 9.17) is 14.2 Å². The van der Waals surface area contributed by atoms with E-state index in [1.165, 1.54) is 10.7 Å². The van der Waals surface area contributed by atoms with E-state index < -0.39 is 66.7 Å². The van der Waals surface area contributed by atoms with Crippen molar-refractivity contribution in [2.24, 2.45) is 24.8 Å². The van der Waals surface area contributed by atoms with Crippen molar-refractivity contribution in [1.29, 1.82) is 0 Å². The summed E-state index contributed by atoms with van der Waals surface area (Å²) in [5.74, 6) is -1.87. The van der Waals surface area contributed by atoms with Crippen molar-refractivity contribution in [3.63, 3.8) is 0 Å². The highest BCUT2D eigenvalue weighted by Gasteiger charge is 2.52. The largest absolute Gasteiger partial charge is 0.487 e. The predicted molar refractivity (Wildman–Crippen MR) is 177 cm³/mol. The summed E-state index contributed by atoms with van der Waals surface area (Å²) in [4.78, 5) is 44.3. The second-order valence-corrected chi connectivity index (χ2v) is 15.5. The Morgan fingerprint density at radius 2 is 1.75 bits per heavy atom. The number of fused-ring (bicyclic) bond motifs is 1. The van der Waals surface area contributed by atoms with Crippen LogP contribution in [0.5, 0.6) is 5.75 Å². The minimum absolute atomic E-state index is 0.122. The van der Waals surface area contributed by atoms with Gasteiger partial charge in [-0.05, 0) is 75.3 Å². The molecule has 52 heavy (non-hydrogen) atoms. The van der Waals surface area contributed by atoms with Gasteiger partial charge in [-0.25, -0.2) is 4.39 Å². The molecular formula is C36H44F4N6O6. The zero-order valence-electron chi connectivity index (χ0n) is 29.2. The van der Waals surface area contributed by atoms with E-state index in [1.54, 1.807) is 20.0 Å². The number of hydrogen-bond acceptors (Lipinski definition) is 8. The van der Waals surface area contributed by atoms with Crippen molar-refractivity contribution in [1.82, 2.24) is 24.9 Å². The van der Waals surface area contributed by atoms with Crippen molar-refractivity contribution in [2.75, 3.05) is 44.8 Å². The summed E-state index contributed by atoms with van der Waals surface area (Å²) in [5, 5.41) is 9.94. The molecule has 6 aliphatic rings. The van der Waals surface area contributed by atoms with Crippen LogP contribution in [0, 0.1) is 30.5 Å². The lowest BCUT2D eigenvalue weighted by molar-refractivity contribution is -0.238. The third kappa shape index (κ3) is 6.89. The van der Waals surface area contributed by atoms with Crippen LogP contribution in [-0.4, -0.2) is 107 Å². The number of ether oxygens (including phenoxy) is 3. The average molecular weight is 733 g/mol. The molecule has 12 nitrogen and oxygen atoms in total. The number of piperidine rings is 1. The highest BCUT2D eigenvalue weighted by molar-refractivity contribution is 6.01. The van der Waals surface area contributed by atoms with Crippen LogP contribution in [0.4, 0.5) is 23.2 Å². The van der Waals surface area contributed by atoms with Crippen molar-refractivity contribution >= 4 is 23.4 Å². The van der Waals surface area contributed by atoms with Gasteiger partial charge in [-0.3, -0.25) is 24.0 Å². The summed E-state index contributed by atoms with van der Waals surface area (Å²) in [7, 11) is 1.65. The van der Waals surface area contributed by atoms with Crippen LogP contribution in [0.15, 0.2) is 18.2 Å². The lowest BCUT2D eigenvalue weighted by Gasteiger charge is -2.51. The van der Waals surface area contributed by atoms with Crippen LogP contribution in [-0.2, 0) is 26.1 Å². The van der Waals surface area contributed by atoms with E-state index in [9.17, 15) is 27.6 Å². The second-order valence-electron chi connectivity index (χ2n) is 15.5. The first-order valence-electron chi connectivity index (χ1n) is 18.2. The number of nitrogens with zero attached hydrogens (tertiary/aromatic N) is 4. The van der Waals surface area contributed by atoms with Crippen LogP contribution in [0.1, 0.15) is 72.7 Å². The maximum atomic E-state index is 16.2. The molecule has 3 amide bonds. The highest BCUT2D eigenvalue weighted by Crippen LogP contribution is 2.52. The summed E-state index contributed by atoms with van der Waals surface area (Å²) in [5.41, 5.74) is 0.164. The standard InChI is InChI=1S/C36H44F4N6O6/c1-19-11-26(44(2)43-19)33(48)42-32(31(20-3-4-20)21-5-6-21)34(49)41-25-13-28-23(12-24(25)37)27(46-15-29(36(38,39)40)51-18-30(46)47)14-35(52-28)7-9-45(10-8-35)22-16-50-17-22/h11-13,20-22,27,29,31-32H,3-10,14-18H2,1-2H3,(H,41,49)(H,42,48)/t27?,29?,32-/m0/s1. The molecule has 0 radical (unpaired) electrons. The quantitative estimate of drug-likeness (QED) is 0.372. The summed E-state index contributed by atoms with van der Waals surface area (Å²) in [6.07, 6.45) is -1.86. The fourth-order valence-electron chi connectivity index (χ4n) is 8.63. The molecule has 8 rings (SSSR count). The Morgan fingerprint density at radius 1 is 1.06 bits per heavy atom. The minimum atomic E-state index is -4.69.